The van der Waals surface area contributed by atoms with Gasteiger partial charge in [-0.05, 0) is 75.6 Å². The number of fused-ring (bicyclic) bond motifs is 2. The summed E-state index contributed by atoms with van der Waals surface area (Å²) in [5.74, 6) is 1.45. The van der Waals surface area contributed by atoms with Crippen LogP contribution in [0.4, 0.5) is 13.2 Å². The number of halogens is 3. The van der Waals surface area contributed by atoms with Crippen LogP contribution in [-0.4, -0.2) is 39.6 Å². The molecule has 0 aliphatic carbocycles. The molecule has 5 rings (SSSR count). The molecule has 33 heavy (non-hydrogen) atoms. The number of H-pyrrole nitrogens is 1. The van der Waals surface area contributed by atoms with Crippen molar-refractivity contribution in [1.29, 1.82) is 0 Å². The molecule has 0 radical (unpaired) electrons. The predicted molar refractivity (Wildman–Crippen MR) is 126 cm³/mol. The fraction of sp³-hybridized carbons (Fsp3) is 0.423. The Labute approximate surface area is 191 Å². The maximum atomic E-state index is 13.1. The van der Waals surface area contributed by atoms with Gasteiger partial charge >= 0.3 is 6.18 Å². The molecule has 0 amide bonds. The standard InChI is InChI=1S/C26H29F3N4/c1-32-14-10-18(11-15-32)5-2-3-13-33-16-12-20-21(6-4-7-24(20)33)25-30-22-9-8-19(26(27,28)29)17-23(22)31-25/h4,6-9,12,16-18H,2-3,5,10-11,13-15H2,1H3,(H,30,31). The Morgan fingerprint density at radius 1 is 1.06 bits per heavy atom. The maximum Gasteiger partial charge on any atom is 0.416 e. The SMILES string of the molecule is CN1CCC(CCCCn2ccc3c(-c4nc5ccc(C(F)(F)F)cc5[nH]4)cccc32)CC1. The molecule has 0 spiro atoms. The van der Waals surface area contributed by atoms with Crippen molar-refractivity contribution in [2.24, 2.45) is 5.92 Å². The molecule has 1 aliphatic rings. The zero-order valence-corrected chi connectivity index (χ0v) is 18.8. The number of likely N-dealkylation sites (tertiary alicyclic amines) is 1. The van der Waals surface area contributed by atoms with Crippen LogP contribution in [0.3, 0.4) is 0 Å². The number of imidazole rings is 1. The summed E-state index contributed by atoms with van der Waals surface area (Å²) in [6.07, 6.45) is 4.04. The van der Waals surface area contributed by atoms with E-state index in [2.05, 4.69) is 44.8 Å². The van der Waals surface area contributed by atoms with Crippen molar-refractivity contribution < 1.29 is 13.2 Å². The quantitative estimate of drug-likeness (QED) is 0.329. The minimum absolute atomic E-state index is 0.394. The molecule has 3 heterocycles. The molecule has 1 fully saturated rings. The second-order valence-electron chi connectivity index (χ2n) is 9.31. The molecule has 0 atom stereocenters. The number of nitrogens with zero attached hydrogens (tertiary/aromatic N) is 3. The van der Waals surface area contributed by atoms with Crippen molar-refractivity contribution >= 4 is 21.9 Å². The number of rotatable bonds is 6. The van der Waals surface area contributed by atoms with Crippen molar-refractivity contribution in [3.63, 3.8) is 0 Å². The van der Waals surface area contributed by atoms with Crippen molar-refractivity contribution in [3.05, 3.63) is 54.2 Å². The Morgan fingerprint density at radius 3 is 2.67 bits per heavy atom. The van der Waals surface area contributed by atoms with Gasteiger partial charge < -0.3 is 14.5 Å². The minimum atomic E-state index is -4.37. The van der Waals surface area contributed by atoms with Gasteiger partial charge in [-0.25, -0.2) is 4.98 Å². The average molecular weight is 455 g/mol. The lowest BCUT2D eigenvalue weighted by Crippen LogP contribution is -2.30. The third-order valence-electron chi connectivity index (χ3n) is 6.98. The zero-order valence-electron chi connectivity index (χ0n) is 18.8. The first-order valence-corrected chi connectivity index (χ1v) is 11.7. The fourth-order valence-electron chi connectivity index (χ4n) is 5.00. The summed E-state index contributed by atoms with van der Waals surface area (Å²) < 4.78 is 41.5. The van der Waals surface area contributed by atoms with Gasteiger partial charge in [0, 0.05) is 29.2 Å². The van der Waals surface area contributed by atoms with Crippen LogP contribution < -0.4 is 0 Å². The molecular formula is C26H29F3N4. The van der Waals surface area contributed by atoms with Gasteiger partial charge in [0.05, 0.1) is 16.6 Å². The largest absolute Gasteiger partial charge is 0.416 e. The molecule has 2 aromatic carbocycles. The van der Waals surface area contributed by atoms with Gasteiger partial charge in [-0.2, -0.15) is 13.2 Å². The van der Waals surface area contributed by atoms with Gasteiger partial charge in [0.25, 0.3) is 0 Å². The molecule has 1 aliphatic heterocycles. The van der Waals surface area contributed by atoms with Crippen molar-refractivity contribution in [1.82, 2.24) is 19.4 Å². The lowest BCUT2D eigenvalue weighted by atomic mass is 9.92. The van der Waals surface area contributed by atoms with Crippen LogP contribution >= 0.6 is 0 Å². The number of piperidine rings is 1. The van der Waals surface area contributed by atoms with Gasteiger partial charge in [0.15, 0.2) is 0 Å². The maximum absolute atomic E-state index is 13.1. The number of hydrogen-bond donors (Lipinski definition) is 1. The highest BCUT2D eigenvalue weighted by Gasteiger charge is 2.30. The summed E-state index contributed by atoms with van der Waals surface area (Å²) >= 11 is 0. The van der Waals surface area contributed by atoms with E-state index in [0.29, 0.717) is 16.9 Å². The van der Waals surface area contributed by atoms with Gasteiger partial charge in [-0.15, -0.1) is 0 Å². The summed E-state index contributed by atoms with van der Waals surface area (Å²) in [6, 6.07) is 11.8. The number of aromatic nitrogens is 3. The van der Waals surface area contributed by atoms with Crippen molar-refractivity contribution in [3.8, 4) is 11.4 Å². The Bertz CT molecular complexity index is 1250. The van der Waals surface area contributed by atoms with Crippen LogP contribution in [0.15, 0.2) is 48.7 Å². The molecule has 1 saturated heterocycles. The lowest BCUT2D eigenvalue weighted by molar-refractivity contribution is -0.137. The highest BCUT2D eigenvalue weighted by molar-refractivity contribution is 5.95. The van der Waals surface area contributed by atoms with E-state index in [1.807, 2.05) is 12.1 Å². The topological polar surface area (TPSA) is 36.9 Å². The zero-order chi connectivity index (χ0) is 23.0. The van der Waals surface area contributed by atoms with E-state index in [0.717, 1.165) is 47.5 Å². The fourth-order valence-corrected chi connectivity index (χ4v) is 5.00. The molecule has 0 bridgehead atoms. The van der Waals surface area contributed by atoms with E-state index >= 15 is 0 Å². The average Bonchev–Trinajstić information content (AvgIpc) is 3.41. The Hall–Kier alpha value is -2.80. The van der Waals surface area contributed by atoms with Crippen LogP contribution in [0.2, 0.25) is 0 Å². The lowest BCUT2D eigenvalue weighted by Gasteiger charge is -2.28. The molecule has 4 nitrogen and oxygen atoms in total. The molecule has 7 heteroatoms. The smallest absolute Gasteiger partial charge is 0.347 e. The number of aryl methyl sites for hydroxylation is 1. The first-order chi connectivity index (χ1) is 15.9. The minimum Gasteiger partial charge on any atom is -0.347 e. The van der Waals surface area contributed by atoms with E-state index in [1.54, 1.807) is 0 Å². The number of nitrogens with one attached hydrogen (secondary N) is 1. The summed E-state index contributed by atoms with van der Waals surface area (Å²) in [5, 5.41) is 1.06. The summed E-state index contributed by atoms with van der Waals surface area (Å²) in [4.78, 5) is 10.1. The molecule has 0 saturated carbocycles. The molecule has 0 unspecified atom stereocenters. The number of alkyl halides is 3. The summed E-state index contributed by atoms with van der Waals surface area (Å²) in [5.41, 5.74) is 2.29. The van der Waals surface area contributed by atoms with Gasteiger partial charge in [0.1, 0.15) is 5.82 Å². The van der Waals surface area contributed by atoms with Crippen LogP contribution in [0.1, 0.15) is 37.7 Å². The molecule has 2 aromatic heterocycles. The third kappa shape index (κ3) is 4.64. The Balaban J connectivity index is 1.31. The summed E-state index contributed by atoms with van der Waals surface area (Å²) in [6.45, 7) is 3.40. The highest BCUT2D eigenvalue weighted by Crippen LogP contribution is 2.33. The third-order valence-corrected chi connectivity index (χ3v) is 6.98. The van der Waals surface area contributed by atoms with E-state index in [4.69, 9.17) is 0 Å². The van der Waals surface area contributed by atoms with E-state index < -0.39 is 11.7 Å². The summed E-state index contributed by atoms with van der Waals surface area (Å²) in [7, 11) is 2.20. The molecule has 1 N–H and O–H groups in total. The first kappa shape index (κ1) is 22.0. The van der Waals surface area contributed by atoms with Gasteiger partial charge in [-0.3, -0.25) is 0 Å². The van der Waals surface area contributed by atoms with E-state index in [9.17, 15) is 13.2 Å². The monoisotopic (exact) mass is 454 g/mol. The predicted octanol–water partition coefficient (Wildman–Crippen LogP) is 6.72. The molecule has 174 valence electrons. The highest BCUT2D eigenvalue weighted by atomic mass is 19.4. The second kappa shape index (κ2) is 8.86. The molecular weight excluding hydrogens is 425 g/mol. The number of benzene rings is 2. The first-order valence-electron chi connectivity index (χ1n) is 11.7. The van der Waals surface area contributed by atoms with Gasteiger partial charge in [-0.1, -0.05) is 25.0 Å². The number of aromatic amines is 1. The van der Waals surface area contributed by atoms with Crippen LogP contribution in [0, 0.1) is 5.92 Å². The van der Waals surface area contributed by atoms with Crippen LogP contribution in [-0.2, 0) is 12.7 Å². The van der Waals surface area contributed by atoms with Gasteiger partial charge in [0.2, 0.25) is 0 Å². The van der Waals surface area contributed by atoms with E-state index in [1.165, 1.54) is 44.8 Å². The van der Waals surface area contributed by atoms with Crippen molar-refractivity contribution in [2.75, 3.05) is 20.1 Å². The molecule has 4 aromatic rings. The normalized spacial score (nSPS) is 16.2. The Kier molecular flexibility index (Phi) is 5.91. The number of hydrogen-bond acceptors (Lipinski definition) is 2. The van der Waals surface area contributed by atoms with Crippen molar-refractivity contribution in [2.45, 2.75) is 44.8 Å². The van der Waals surface area contributed by atoms with E-state index in [-0.39, 0.29) is 0 Å². The number of unbranched alkanes of at least 4 members (excludes halogenated alkanes) is 1. The second-order valence-corrected chi connectivity index (χ2v) is 9.31. The van der Waals surface area contributed by atoms with Crippen LogP contribution in [0.25, 0.3) is 33.3 Å². The van der Waals surface area contributed by atoms with Crippen LogP contribution in [0.5, 0.6) is 0 Å². The Morgan fingerprint density at radius 2 is 1.88 bits per heavy atom.